The fourth-order valence-electron chi connectivity index (χ4n) is 2.62. The molecule has 0 aliphatic carbocycles. The molecule has 0 saturated carbocycles. The standard InChI is InChI=1S/C18H26N4O8/c1-10(2)15(25)18(17(27)28,21-16(26)13(23)9-19)20-14(24)8-5-11-3-6-12(7-4-11)22(29)30/h3-4,6-7,10,13,15,23,25H,5,8-9,19H2,1-2H3,(H,20,24)(H,21,26)(H,27,28)/t13?,15?,18-/m1/s1. The van der Waals surface area contributed by atoms with Crippen molar-refractivity contribution in [2.45, 2.75) is 44.6 Å². The first kappa shape index (κ1) is 24.9. The molecule has 1 rings (SSSR count). The topological polar surface area (TPSA) is 205 Å². The molecular formula is C18H26N4O8. The van der Waals surface area contributed by atoms with Crippen molar-refractivity contribution < 1.29 is 34.6 Å². The lowest BCUT2D eigenvalue weighted by Gasteiger charge is -2.37. The van der Waals surface area contributed by atoms with E-state index in [1.165, 1.54) is 38.1 Å². The van der Waals surface area contributed by atoms with Gasteiger partial charge in [-0.3, -0.25) is 19.7 Å². The molecule has 0 aliphatic rings. The maximum atomic E-state index is 12.4. The van der Waals surface area contributed by atoms with Gasteiger partial charge in [-0.05, 0) is 17.9 Å². The molecule has 0 saturated heterocycles. The molecule has 1 aromatic rings. The second kappa shape index (κ2) is 10.6. The van der Waals surface area contributed by atoms with Gasteiger partial charge in [-0.2, -0.15) is 0 Å². The van der Waals surface area contributed by atoms with Crippen molar-refractivity contribution in [3.63, 3.8) is 0 Å². The van der Waals surface area contributed by atoms with Crippen LogP contribution in [0.5, 0.6) is 0 Å². The maximum absolute atomic E-state index is 12.4. The number of hydrogen-bond acceptors (Lipinski definition) is 8. The van der Waals surface area contributed by atoms with E-state index in [-0.39, 0.29) is 18.5 Å². The second-order valence-corrected chi connectivity index (χ2v) is 7.01. The van der Waals surface area contributed by atoms with Crippen LogP contribution in [0.4, 0.5) is 5.69 Å². The Morgan fingerprint density at radius 1 is 1.17 bits per heavy atom. The van der Waals surface area contributed by atoms with Crippen molar-refractivity contribution in [1.29, 1.82) is 0 Å². The molecule has 2 amide bonds. The van der Waals surface area contributed by atoms with E-state index in [1.807, 2.05) is 5.32 Å². The molecule has 30 heavy (non-hydrogen) atoms. The van der Waals surface area contributed by atoms with E-state index in [4.69, 9.17) is 5.73 Å². The first-order valence-electron chi connectivity index (χ1n) is 9.10. The number of amides is 2. The number of carboxylic acid groups (broad SMARTS) is 1. The third-order valence-electron chi connectivity index (χ3n) is 4.38. The third-order valence-corrected chi connectivity index (χ3v) is 4.38. The SMILES string of the molecule is CC(C)C(O)[C@@](NC(=O)CCc1ccc([N+](=O)[O-])cc1)(NC(=O)C(O)CN)C(=O)O. The minimum absolute atomic E-state index is 0.116. The van der Waals surface area contributed by atoms with Gasteiger partial charge < -0.3 is 31.7 Å². The fourth-order valence-corrected chi connectivity index (χ4v) is 2.62. The van der Waals surface area contributed by atoms with Gasteiger partial charge in [0.1, 0.15) is 12.2 Å². The average molecular weight is 426 g/mol. The molecule has 166 valence electrons. The Labute approximate surface area is 172 Å². The molecule has 0 radical (unpaired) electrons. The van der Waals surface area contributed by atoms with Crippen LogP contribution in [0.15, 0.2) is 24.3 Å². The van der Waals surface area contributed by atoms with Crippen LogP contribution in [-0.4, -0.2) is 62.4 Å². The van der Waals surface area contributed by atoms with Crippen molar-refractivity contribution in [2.24, 2.45) is 11.7 Å². The van der Waals surface area contributed by atoms with Crippen molar-refractivity contribution in [2.75, 3.05) is 6.54 Å². The van der Waals surface area contributed by atoms with Crippen LogP contribution >= 0.6 is 0 Å². The number of nitrogens with one attached hydrogen (secondary N) is 2. The highest BCUT2D eigenvalue weighted by Crippen LogP contribution is 2.18. The van der Waals surface area contributed by atoms with Gasteiger partial charge in [-0.15, -0.1) is 0 Å². The van der Waals surface area contributed by atoms with Crippen molar-refractivity contribution in [3.8, 4) is 0 Å². The van der Waals surface area contributed by atoms with Crippen LogP contribution in [0.3, 0.4) is 0 Å². The number of nitrogens with two attached hydrogens (primary N) is 1. The summed E-state index contributed by atoms with van der Waals surface area (Å²) in [6.45, 7) is 2.47. The van der Waals surface area contributed by atoms with Crippen molar-refractivity contribution in [3.05, 3.63) is 39.9 Å². The number of aryl methyl sites for hydroxylation is 1. The number of aliphatic hydroxyl groups excluding tert-OH is 2. The number of benzene rings is 1. The summed E-state index contributed by atoms with van der Waals surface area (Å²) >= 11 is 0. The van der Waals surface area contributed by atoms with Crippen molar-refractivity contribution in [1.82, 2.24) is 10.6 Å². The van der Waals surface area contributed by atoms with Crippen LogP contribution in [0, 0.1) is 16.0 Å². The van der Waals surface area contributed by atoms with Gasteiger partial charge in [0, 0.05) is 25.1 Å². The monoisotopic (exact) mass is 426 g/mol. The van der Waals surface area contributed by atoms with Gasteiger partial charge in [0.15, 0.2) is 0 Å². The smallest absolute Gasteiger partial charge is 0.353 e. The highest BCUT2D eigenvalue weighted by molar-refractivity contribution is 5.93. The second-order valence-electron chi connectivity index (χ2n) is 7.01. The Morgan fingerprint density at radius 2 is 1.73 bits per heavy atom. The molecule has 3 atom stereocenters. The molecular weight excluding hydrogens is 400 g/mol. The number of hydrogen-bond donors (Lipinski definition) is 6. The van der Waals surface area contributed by atoms with Crippen LogP contribution < -0.4 is 16.4 Å². The predicted octanol–water partition coefficient (Wildman–Crippen LogP) is -1.12. The quantitative estimate of drug-likeness (QED) is 0.144. The van der Waals surface area contributed by atoms with E-state index >= 15 is 0 Å². The summed E-state index contributed by atoms with van der Waals surface area (Å²) in [6.07, 6.45) is -3.57. The Bertz CT molecular complexity index is 783. The number of carbonyl (C=O) groups excluding carboxylic acids is 2. The zero-order valence-electron chi connectivity index (χ0n) is 16.6. The minimum Gasteiger partial charge on any atom is -0.478 e. The Hall–Kier alpha value is -3.09. The molecule has 0 aromatic heterocycles. The number of nitro benzene ring substituents is 1. The van der Waals surface area contributed by atoms with E-state index in [9.17, 15) is 39.8 Å². The van der Waals surface area contributed by atoms with Crippen LogP contribution in [-0.2, 0) is 20.8 Å². The van der Waals surface area contributed by atoms with Gasteiger partial charge in [0.05, 0.1) is 4.92 Å². The maximum Gasteiger partial charge on any atom is 0.353 e. The summed E-state index contributed by atoms with van der Waals surface area (Å²) in [5.74, 6) is -4.40. The molecule has 7 N–H and O–H groups in total. The lowest BCUT2D eigenvalue weighted by Crippen LogP contribution is -2.73. The van der Waals surface area contributed by atoms with E-state index in [0.29, 0.717) is 5.56 Å². The molecule has 0 bridgehead atoms. The summed E-state index contributed by atoms with van der Waals surface area (Å²) in [6, 6.07) is 5.45. The van der Waals surface area contributed by atoms with Crippen LogP contribution in [0.2, 0.25) is 0 Å². The largest absolute Gasteiger partial charge is 0.478 e. The lowest BCUT2D eigenvalue weighted by molar-refractivity contribution is -0.384. The van der Waals surface area contributed by atoms with Crippen molar-refractivity contribution >= 4 is 23.5 Å². The minimum atomic E-state index is -2.59. The van der Waals surface area contributed by atoms with E-state index in [1.54, 1.807) is 0 Å². The molecule has 0 heterocycles. The van der Waals surface area contributed by atoms with Gasteiger partial charge in [0.25, 0.3) is 11.6 Å². The molecule has 2 unspecified atom stereocenters. The van der Waals surface area contributed by atoms with E-state index in [2.05, 4.69) is 5.32 Å². The van der Waals surface area contributed by atoms with Gasteiger partial charge in [0.2, 0.25) is 11.6 Å². The van der Waals surface area contributed by atoms with E-state index < -0.39 is 53.0 Å². The number of non-ortho nitro benzene ring substituents is 1. The van der Waals surface area contributed by atoms with E-state index in [0.717, 1.165) is 0 Å². The summed E-state index contributed by atoms with van der Waals surface area (Å²) in [5, 5.41) is 44.5. The summed E-state index contributed by atoms with van der Waals surface area (Å²) in [5.41, 5.74) is 3.08. The number of nitro groups is 1. The molecule has 12 heteroatoms. The zero-order valence-corrected chi connectivity index (χ0v) is 16.6. The summed E-state index contributed by atoms with van der Waals surface area (Å²) in [7, 11) is 0. The number of aliphatic hydroxyl groups is 2. The van der Waals surface area contributed by atoms with Crippen LogP contribution in [0.25, 0.3) is 0 Å². The number of aliphatic carboxylic acids is 1. The highest BCUT2D eigenvalue weighted by atomic mass is 16.6. The first-order chi connectivity index (χ1) is 13.9. The fraction of sp³-hybridized carbons (Fsp3) is 0.500. The molecule has 1 aromatic carbocycles. The number of nitrogens with zero attached hydrogens (tertiary/aromatic N) is 1. The van der Waals surface area contributed by atoms with Gasteiger partial charge >= 0.3 is 5.97 Å². The molecule has 0 spiro atoms. The normalized spacial score (nSPS) is 15.0. The third kappa shape index (κ3) is 6.20. The number of rotatable bonds is 11. The Morgan fingerprint density at radius 3 is 2.17 bits per heavy atom. The molecule has 12 nitrogen and oxygen atoms in total. The zero-order chi connectivity index (χ0) is 23.1. The van der Waals surface area contributed by atoms with Crippen LogP contribution in [0.1, 0.15) is 25.8 Å². The summed E-state index contributed by atoms with van der Waals surface area (Å²) < 4.78 is 0. The average Bonchev–Trinajstić information content (AvgIpc) is 2.70. The summed E-state index contributed by atoms with van der Waals surface area (Å²) in [4.78, 5) is 46.5. The first-order valence-corrected chi connectivity index (χ1v) is 9.10. The number of carboxylic acids is 1. The number of carbonyl (C=O) groups is 3. The van der Waals surface area contributed by atoms with Gasteiger partial charge in [-0.25, -0.2) is 4.79 Å². The highest BCUT2D eigenvalue weighted by Gasteiger charge is 2.50. The molecule has 0 aliphatic heterocycles. The molecule has 0 fully saturated rings. The Balaban J connectivity index is 3.01. The predicted molar refractivity (Wildman–Crippen MR) is 104 cm³/mol. The Kier molecular flexibility index (Phi) is 8.83. The van der Waals surface area contributed by atoms with Gasteiger partial charge in [-0.1, -0.05) is 26.0 Å². The lowest BCUT2D eigenvalue weighted by atomic mass is 9.92.